The lowest BCUT2D eigenvalue weighted by molar-refractivity contribution is -0.122. The zero-order valence-corrected chi connectivity index (χ0v) is 20.5. The number of aromatic nitrogens is 2. The minimum absolute atomic E-state index is 0.0688. The monoisotopic (exact) mass is 511 g/mol. The largest absolute Gasteiger partial charge is 0.497 e. The summed E-state index contributed by atoms with van der Waals surface area (Å²) in [5.41, 5.74) is 1.41. The van der Waals surface area contributed by atoms with Crippen LogP contribution in [0.1, 0.15) is 44.4 Å². The molecule has 1 aliphatic rings. The van der Waals surface area contributed by atoms with E-state index in [0.29, 0.717) is 50.3 Å². The molecule has 0 atom stereocenters. The van der Waals surface area contributed by atoms with Gasteiger partial charge < -0.3 is 20.3 Å². The first-order valence-corrected chi connectivity index (χ1v) is 12.3. The van der Waals surface area contributed by atoms with Crippen LogP contribution in [0.3, 0.4) is 0 Å². The molecule has 3 amide bonds. The lowest BCUT2D eigenvalue weighted by Gasteiger charge is -2.31. The van der Waals surface area contributed by atoms with Gasteiger partial charge in [0.15, 0.2) is 0 Å². The number of carbonyl (C=O) groups excluding carboxylic acids is 3. The van der Waals surface area contributed by atoms with Crippen molar-refractivity contribution in [2.75, 3.05) is 25.5 Å². The van der Waals surface area contributed by atoms with E-state index in [0.717, 1.165) is 16.9 Å². The summed E-state index contributed by atoms with van der Waals surface area (Å²) >= 11 is 0.949. The molecule has 2 N–H and O–H groups in total. The minimum atomic E-state index is -0.443. The van der Waals surface area contributed by atoms with Crippen LogP contribution in [0.25, 0.3) is 0 Å². The summed E-state index contributed by atoms with van der Waals surface area (Å²) in [5.74, 6) is -0.250. The molecule has 3 aromatic rings. The number of amides is 3. The van der Waals surface area contributed by atoms with Gasteiger partial charge in [0.25, 0.3) is 11.8 Å². The van der Waals surface area contributed by atoms with Crippen LogP contribution in [-0.4, -0.2) is 53.0 Å². The summed E-state index contributed by atoms with van der Waals surface area (Å²) in [6.07, 6.45) is 1.76. The fourth-order valence-electron chi connectivity index (χ4n) is 3.87. The van der Waals surface area contributed by atoms with Gasteiger partial charge >= 0.3 is 0 Å². The van der Waals surface area contributed by atoms with E-state index in [4.69, 9.17) is 4.74 Å². The van der Waals surface area contributed by atoms with Gasteiger partial charge in [-0.2, -0.15) is 0 Å². The maximum Gasteiger partial charge on any atom is 0.286 e. The van der Waals surface area contributed by atoms with E-state index in [1.807, 2.05) is 0 Å². The van der Waals surface area contributed by atoms with E-state index in [2.05, 4.69) is 20.8 Å². The molecule has 0 spiro atoms. The normalized spacial score (nSPS) is 13.8. The molecule has 4 rings (SSSR count). The summed E-state index contributed by atoms with van der Waals surface area (Å²) < 4.78 is 18.1. The third-order valence-corrected chi connectivity index (χ3v) is 6.84. The summed E-state index contributed by atoms with van der Waals surface area (Å²) in [4.78, 5) is 39.3. The number of hydrogen-bond donors (Lipinski definition) is 2. The third kappa shape index (κ3) is 6.63. The maximum atomic E-state index is 13.0. The van der Waals surface area contributed by atoms with Gasteiger partial charge in [0, 0.05) is 31.7 Å². The van der Waals surface area contributed by atoms with Crippen molar-refractivity contribution in [2.45, 2.75) is 25.8 Å². The number of likely N-dealkylation sites (tertiary alicyclic amines) is 1. The standard InChI is InChI=1S/C25H26FN5O4S/c1-35-20-8-6-19(7-9-20)28-22(33)23-29-30-24(36-23)25(34)31-12-10-16(11-13-31)14-21(32)27-15-17-2-4-18(26)5-3-17/h2-9,16H,10-15H2,1H3,(H,27,32)(H,28,33). The Morgan fingerprint density at radius 1 is 1.03 bits per heavy atom. The van der Waals surface area contributed by atoms with Crippen molar-refractivity contribution in [3.63, 3.8) is 0 Å². The van der Waals surface area contributed by atoms with Crippen LogP contribution in [0.2, 0.25) is 0 Å². The van der Waals surface area contributed by atoms with E-state index in [1.165, 1.54) is 12.1 Å². The Labute approximate surface area is 211 Å². The Balaban J connectivity index is 1.22. The second-order valence-corrected chi connectivity index (χ2v) is 9.42. The average molecular weight is 512 g/mol. The molecule has 11 heteroatoms. The number of hydrogen-bond acceptors (Lipinski definition) is 7. The molecule has 9 nitrogen and oxygen atoms in total. The summed E-state index contributed by atoms with van der Waals surface area (Å²) in [7, 11) is 1.56. The molecule has 188 valence electrons. The number of nitrogens with zero attached hydrogens (tertiary/aromatic N) is 3. The van der Waals surface area contributed by atoms with E-state index in [1.54, 1.807) is 48.4 Å². The van der Waals surface area contributed by atoms with Gasteiger partial charge in [-0.3, -0.25) is 14.4 Å². The molecule has 0 bridgehead atoms. The summed E-state index contributed by atoms with van der Waals surface area (Å²) in [5, 5.41) is 13.6. The predicted octanol–water partition coefficient (Wildman–Crippen LogP) is 3.50. The van der Waals surface area contributed by atoms with Crippen molar-refractivity contribution in [3.05, 3.63) is 69.9 Å². The van der Waals surface area contributed by atoms with Gasteiger partial charge in [0.2, 0.25) is 15.9 Å². The molecule has 0 radical (unpaired) electrons. The van der Waals surface area contributed by atoms with Crippen LogP contribution >= 0.6 is 11.3 Å². The number of benzene rings is 2. The van der Waals surface area contributed by atoms with Gasteiger partial charge in [-0.05, 0) is 60.7 Å². The number of carbonyl (C=O) groups is 3. The fourth-order valence-corrected chi connectivity index (χ4v) is 4.58. The maximum absolute atomic E-state index is 13.0. The first-order valence-electron chi connectivity index (χ1n) is 11.5. The van der Waals surface area contributed by atoms with Gasteiger partial charge in [-0.15, -0.1) is 10.2 Å². The molecule has 0 aliphatic carbocycles. The number of nitrogens with one attached hydrogen (secondary N) is 2. The van der Waals surface area contributed by atoms with Crippen molar-refractivity contribution in [3.8, 4) is 5.75 Å². The van der Waals surface area contributed by atoms with Crippen LogP contribution in [0.5, 0.6) is 5.75 Å². The van der Waals surface area contributed by atoms with Gasteiger partial charge in [-0.25, -0.2) is 4.39 Å². The SMILES string of the molecule is COc1ccc(NC(=O)c2nnc(C(=O)N3CCC(CC(=O)NCc4ccc(F)cc4)CC3)s2)cc1. The molecular weight excluding hydrogens is 485 g/mol. The van der Waals surface area contributed by atoms with Gasteiger partial charge in [0.1, 0.15) is 11.6 Å². The van der Waals surface area contributed by atoms with Crippen LogP contribution in [0.15, 0.2) is 48.5 Å². The lowest BCUT2D eigenvalue weighted by Crippen LogP contribution is -2.39. The molecule has 2 aromatic carbocycles. The van der Waals surface area contributed by atoms with Crippen molar-refractivity contribution in [2.24, 2.45) is 5.92 Å². The molecule has 1 aliphatic heterocycles. The number of rotatable bonds is 8. The smallest absolute Gasteiger partial charge is 0.286 e. The highest BCUT2D eigenvalue weighted by Gasteiger charge is 2.28. The molecule has 1 saturated heterocycles. The Kier molecular flexibility index (Phi) is 8.21. The number of piperidine rings is 1. The van der Waals surface area contributed by atoms with E-state index in [-0.39, 0.29) is 33.6 Å². The van der Waals surface area contributed by atoms with Crippen molar-refractivity contribution in [1.82, 2.24) is 20.4 Å². The summed E-state index contributed by atoms with van der Waals surface area (Å²) in [6.45, 7) is 1.35. The zero-order valence-electron chi connectivity index (χ0n) is 19.7. The molecule has 1 aromatic heterocycles. The van der Waals surface area contributed by atoms with E-state index in [9.17, 15) is 18.8 Å². The highest BCUT2D eigenvalue weighted by molar-refractivity contribution is 7.15. The van der Waals surface area contributed by atoms with Crippen LogP contribution < -0.4 is 15.4 Å². The van der Waals surface area contributed by atoms with Gasteiger partial charge in [0.05, 0.1) is 7.11 Å². The van der Waals surface area contributed by atoms with Gasteiger partial charge in [-0.1, -0.05) is 23.5 Å². The second kappa shape index (κ2) is 11.7. The highest BCUT2D eigenvalue weighted by Crippen LogP contribution is 2.23. The van der Waals surface area contributed by atoms with Crippen LogP contribution in [0.4, 0.5) is 10.1 Å². The van der Waals surface area contributed by atoms with E-state index >= 15 is 0 Å². The fraction of sp³-hybridized carbons (Fsp3) is 0.320. The van der Waals surface area contributed by atoms with Crippen LogP contribution in [-0.2, 0) is 11.3 Å². The summed E-state index contributed by atoms with van der Waals surface area (Å²) in [6, 6.07) is 12.9. The second-order valence-electron chi connectivity index (χ2n) is 8.44. The average Bonchev–Trinajstić information content (AvgIpc) is 3.39. The lowest BCUT2D eigenvalue weighted by atomic mass is 9.93. The predicted molar refractivity (Wildman–Crippen MR) is 132 cm³/mol. The third-order valence-electron chi connectivity index (χ3n) is 5.93. The first-order chi connectivity index (χ1) is 17.4. The molecule has 2 heterocycles. The Bertz CT molecular complexity index is 1210. The van der Waals surface area contributed by atoms with Crippen molar-refractivity contribution >= 4 is 34.7 Å². The van der Waals surface area contributed by atoms with Crippen molar-refractivity contribution in [1.29, 1.82) is 0 Å². The van der Waals surface area contributed by atoms with Crippen LogP contribution in [0, 0.1) is 11.7 Å². The first kappa shape index (κ1) is 25.2. The Morgan fingerprint density at radius 3 is 2.36 bits per heavy atom. The highest BCUT2D eigenvalue weighted by atomic mass is 32.1. The molecule has 36 heavy (non-hydrogen) atoms. The Hall–Kier alpha value is -3.86. The zero-order chi connectivity index (χ0) is 25.5. The minimum Gasteiger partial charge on any atom is -0.497 e. The topological polar surface area (TPSA) is 114 Å². The molecular formula is C25H26FN5O4S. The number of methoxy groups -OCH3 is 1. The van der Waals surface area contributed by atoms with E-state index < -0.39 is 5.91 Å². The van der Waals surface area contributed by atoms with Crippen molar-refractivity contribution < 1.29 is 23.5 Å². The quantitative estimate of drug-likeness (QED) is 0.479. The number of anilines is 1. The molecule has 1 fully saturated rings. The Morgan fingerprint density at radius 2 is 1.69 bits per heavy atom. The molecule has 0 saturated carbocycles. The molecule has 0 unspecified atom stereocenters. The number of halogens is 1. The number of ether oxygens (including phenoxy) is 1.